The fourth-order valence-corrected chi connectivity index (χ4v) is 3.25. The zero-order chi connectivity index (χ0) is 17.0. The first kappa shape index (κ1) is 16.0. The molecule has 0 saturated carbocycles. The van der Waals surface area contributed by atoms with Gasteiger partial charge >= 0.3 is 5.97 Å². The van der Waals surface area contributed by atoms with Gasteiger partial charge in [-0.3, -0.25) is 4.79 Å². The van der Waals surface area contributed by atoms with Crippen LogP contribution in [0.5, 0.6) is 0 Å². The third kappa shape index (κ3) is 2.81. The molecule has 0 aliphatic carbocycles. The maximum Gasteiger partial charge on any atom is 0.338 e. The van der Waals surface area contributed by atoms with E-state index in [0.29, 0.717) is 16.0 Å². The smallest absolute Gasteiger partial charge is 0.338 e. The first-order valence-corrected chi connectivity index (χ1v) is 8.23. The Morgan fingerprint density at radius 2 is 1.38 bits per heavy atom. The summed E-state index contributed by atoms with van der Waals surface area (Å²) in [6.07, 6.45) is 0. The molecule has 3 aromatic rings. The summed E-state index contributed by atoms with van der Waals surface area (Å²) in [5.41, 5.74) is -0.661. The first-order valence-electron chi connectivity index (χ1n) is 7.35. The van der Waals surface area contributed by atoms with Gasteiger partial charge in [0, 0.05) is 0 Å². The zero-order valence-electron chi connectivity index (χ0n) is 12.7. The van der Waals surface area contributed by atoms with E-state index in [1.54, 1.807) is 66.0 Å². The van der Waals surface area contributed by atoms with Crippen molar-refractivity contribution >= 4 is 23.2 Å². The molecule has 3 rings (SSSR count). The van der Waals surface area contributed by atoms with Crippen LogP contribution in [0.4, 0.5) is 0 Å². The SMILES string of the molecule is O=C(NC(C(=O)O)(c1ccccc1)c1ccccc1)c1cccs1. The molecule has 0 atom stereocenters. The Kier molecular flexibility index (Phi) is 4.44. The standard InChI is InChI=1S/C19H15NO3S/c21-17(16-12-7-13-24-16)20-19(18(22)23,14-8-3-1-4-9-14)15-10-5-2-6-11-15/h1-13H,(H,20,21)(H,22,23). The second-order valence-electron chi connectivity index (χ2n) is 5.22. The van der Waals surface area contributed by atoms with Crippen molar-refractivity contribution in [2.24, 2.45) is 0 Å². The van der Waals surface area contributed by atoms with E-state index in [1.165, 1.54) is 11.3 Å². The van der Waals surface area contributed by atoms with Gasteiger partial charge in [0.1, 0.15) is 0 Å². The summed E-state index contributed by atoms with van der Waals surface area (Å²) in [7, 11) is 0. The van der Waals surface area contributed by atoms with Crippen LogP contribution in [0.2, 0.25) is 0 Å². The Hall–Kier alpha value is -2.92. The van der Waals surface area contributed by atoms with E-state index in [-0.39, 0.29) is 0 Å². The van der Waals surface area contributed by atoms with E-state index in [2.05, 4.69) is 5.32 Å². The van der Waals surface area contributed by atoms with Crippen molar-refractivity contribution in [1.29, 1.82) is 0 Å². The Labute approximate surface area is 143 Å². The molecule has 0 radical (unpaired) electrons. The number of carbonyl (C=O) groups is 2. The van der Waals surface area contributed by atoms with Gasteiger partial charge in [0.2, 0.25) is 0 Å². The minimum Gasteiger partial charge on any atom is -0.479 e. The van der Waals surface area contributed by atoms with E-state index in [1.807, 2.05) is 12.1 Å². The Morgan fingerprint density at radius 1 is 0.833 bits per heavy atom. The Balaban J connectivity index is 2.16. The van der Waals surface area contributed by atoms with Gasteiger partial charge in [-0.15, -0.1) is 11.3 Å². The Morgan fingerprint density at radius 3 is 1.79 bits per heavy atom. The lowest BCUT2D eigenvalue weighted by molar-refractivity contribution is -0.143. The van der Waals surface area contributed by atoms with Crippen molar-refractivity contribution in [1.82, 2.24) is 5.32 Å². The average molecular weight is 337 g/mol. The number of aliphatic carboxylic acids is 1. The van der Waals surface area contributed by atoms with Crippen molar-refractivity contribution < 1.29 is 14.7 Å². The molecule has 120 valence electrons. The first-order chi connectivity index (χ1) is 11.6. The molecule has 0 saturated heterocycles. The van der Waals surface area contributed by atoms with Crippen molar-refractivity contribution in [2.75, 3.05) is 0 Å². The molecule has 0 unspecified atom stereocenters. The maximum atomic E-state index is 12.6. The quantitative estimate of drug-likeness (QED) is 0.749. The minimum absolute atomic E-state index is 0.417. The van der Waals surface area contributed by atoms with Crippen LogP contribution in [0.1, 0.15) is 20.8 Å². The van der Waals surface area contributed by atoms with Crippen molar-refractivity contribution in [3.05, 3.63) is 94.2 Å². The predicted molar refractivity (Wildman–Crippen MR) is 93.1 cm³/mol. The summed E-state index contributed by atoms with van der Waals surface area (Å²) in [6.45, 7) is 0. The van der Waals surface area contributed by atoms with Crippen molar-refractivity contribution in [3.8, 4) is 0 Å². The molecule has 0 aliphatic heterocycles. The third-order valence-electron chi connectivity index (χ3n) is 3.78. The minimum atomic E-state index is -1.65. The van der Waals surface area contributed by atoms with Crippen LogP contribution in [0.3, 0.4) is 0 Å². The van der Waals surface area contributed by atoms with Gasteiger partial charge in [0.05, 0.1) is 4.88 Å². The fourth-order valence-electron chi connectivity index (χ4n) is 2.63. The molecule has 1 aromatic heterocycles. The topological polar surface area (TPSA) is 66.4 Å². The number of hydrogen-bond donors (Lipinski definition) is 2. The van der Waals surface area contributed by atoms with Gasteiger partial charge in [-0.1, -0.05) is 66.7 Å². The number of carboxylic acid groups (broad SMARTS) is 1. The van der Waals surface area contributed by atoms with Gasteiger partial charge in [0.25, 0.3) is 5.91 Å². The number of hydrogen-bond acceptors (Lipinski definition) is 3. The summed E-state index contributed by atoms with van der Waals surface area (Å²) >= 11 is 1.27. The van der Waals surface area contributed by atoms with Crippen LogP contribution >= 0.6 is 11.3 Å². The molecular formula is C19H15NO3S. The van der Waals surface area contributed by atoms with E-state index >= 15 is 0 Å². The highest BCUT2D eigenvalue weighted by atomic mass is 32.1. The van der Waals surface area contributed by atoms with Crippen LogP contribution in [0, 0.1) is 0 Å². The normalized spacial score (nSPS) is 11.0. The summed E-state index contributed by atoms with van der Waals surface area (Å²) in [5, 5.41) is 14.6. The maximum absolute atomic E-state index is 12.6. The molecule has 1 heterocycles. The van der Waals surface area contributed by atoms with Crippen LogP contribution in [0.15, 0.2) is 78.2 Å². The van der Waals surface area contributed by atoms with Crippen molar-refractivity contribution in [2.45, 2.75) is 5.54 Å². The number of thiophene rings is 1. The second kappa shape index (κ2) is 6.68. The molecule has 2 aromatic carbocycles. The number of rotatable bonds is 5. The number of benzene rings is 2. The third-order valence-corrected chi connectivity index (χ3v) is 4.65. The van der Waals surface area contributed by atoms with Crippen LogP contribution < -0.4 is 5.32 Å². The predicted octanol–water partition coefficient (Wildman–Crippen LogP) is 3.51. The molecule has 0 aliphatic rings. The number of carbonyl (C=O) groups excluding carboxylic acids is 1. The van der Waals surface area contributed by atoms with E-state index in [0.717, 1.165) is 0 Å². The van der Waals surface area contributed by atoms with E-state index < -0.39 is 17.4 Å². The lowest BCUT2D eigenvalue weighted by Gasteiger charge is -2.31. The van der Waals surface area contributed by atoms with Gasteiger partial charge in [-0.25, -0.2) is 4.79 Å². The highest BCUT2D eigenvalue weighted by Gasteiger charge is 2.44. The van der Waals surface area contributed by atoms with Gasteiger partial charge in [-0.2, -0.15) is 0 Å². The summed E-state index contributed by atoms with van der Waals surface area (Å²) in [5.74, 6) is -1.55. The highest BCUT2D eigenvalue weighted by Crippen LogP contribution is 2.31. The van der Waals surface area contributed by atoms with Crippen LogP contribution in [-0.2, 0) is 10.3 Å². The van der Waals surface area contributed by atoms with E-state index in [9.17, 15) is 14.7 Å². The lowest BCUT2D eigenvalue weighted by atomic mass is 9.82. The average Bonchev–Trinajstić information content (AvgIpc) is 3.15. The van der Waals surface area contributed by atoms with Gasteiger partial charge in [0.15, 0.2) is 5.54 Å². The van der Waals surface area contributed by atoms with Crippen molar-refractivity contribution in [3.63, 3.8) is 0 Å². The summed E-state index contributed by atoms with van der Waals surface area (Å²) < 4.78 is 0. The second-order valence-corrected chi connectivity index (χ2v) is 6.17. The monoisotopic (exact) mass is 337 g/mol. The molecule has 2 N–H and O–H groups in total. The van der Waals surface area contributed by atoms with Crippen LogP contribution in [-0.4, -0.2) is 17.0 Å². The largest absolute Gasteiger partial charge is 0.479 e. The van der Waals surface area contributed by atoms with Gasteiger partial charge < -0.3 is 10.4 Å². The van der Waals surface area contributed by atoms with Crippen LogP contribution in [0.25, 0.3) is 0 Å². The number of nitrogens with one attached hydrogen (secondary N) is 1. The van der Waals surface area contributed by atoms with E-state index in [4.69, 9.17) is 0 Å². The molecule has 0 fully saturated rings. The molecule has 5 heteroatoms. The molecule has 4 nitrogen and oxygen atoms in total. The fraction of sp³-hybridized carbons (Fsp3) is 0.0526. The Bertz CT molecular complexity index is 790. The molecule has 0 bridgehead atoms. The molecular weight excluding hydrogens is 322 g/mol. The highest BCUT2D eigenvalue weighted by molar-refractivity contribution is 7.12. The molecule has 0 spiro atoms. The molecule has 24 heavy (non-hydrogen) atoms. The number of amides is 1. The molecule has 1 amide bonds. The lowest BCUT2D eigenvalue weighted by Crippen LogP contribution is -2.52. The summed E-state index contributed by atoms with van der Waals surface area (Å²) in [4.78, 5) is 25.4. The number of carboxylic acids is 1. The zero-order valence-corrected chi connectivity index (χ0v) is 13.5. The van der Waals surface area contributed by atoms with Gasteiger partial charge in [-0.05, 0) is 22.6 Å². The summed E-state index contributed by atoms with van der Waals surface area (Å²) in [6, 6.07) is 20.9.